The van der Waals surface area contributed by atoms with Crippen molar-refractivity contribution in [2.45, 2.75) is 12.1 Å². The van der Waals surface area contributed by atoms with E-state index in [0.29, 0.717) is 0 Å². The minimum Gasteiger partial charge on any atom is -0.275 e. The summed E-state index contributed by atoms with van der Waals surface area (Å²) in [5.74, 6) is -0.178. The van der Waals surface area contributed by atoms with Gasteiger partial charge in [-0.05, 0) is 0 Å². The second kappa shape index (κ2) is 2.97. The van der Waals surface area contributed by atoms with E-state index in [4.69, 9.17) is 11.6 Å². The number of rotatable bonds is 1. The molecule has 2 nitrogen and oxygen atoms in total. The molecule has 0 saturated carbocycles. The topological polar surface area (TPSA) is 17.8 Å². The molecule has 0 spiro atoms. The van der Waals surface area contributed by atoms with Gasteiger partial charge in [-0.2, -0.15) is 18.3 Å². The molecule has 1 aromatic rings. The minimum absolute atomic E-state index is 0.00617. The Kier molecular flexibility index (Phi) is 2.32. The third-order valence-corrected chi connectivity index (χ3v) is 1.60. The van der Waals surface area contributed by atoms with Gasteiger partial charge in [0.25, 0.3) is 0 Å². The summed E-state index contributed by atoms with van der Waals surface area (Å²) in [6, 6.07) is 0. The van der Waals surface area contributed by atoms with Crippen LogP contribution < -0.4 is 0 Å². The molecule has 0 N–H and O–H groups in total. The quantitative estimate of drug-likeness (QED) is 0.633. The molecule has 0 saturated heterocycles. The zero-order chi connectivity index (χ0) is 9.35. The van der Waals surface area contributed by atoms with Gasteiger partial charge in [-0.25, -0.2) is 0 Å². The summed E-state index contributed by atoms with van der Waals surface area (Å²) >= 11 is 5.30. The Balaban J connectivity index is 3.13. The standard InChI is InChI=1S/C6H6ClF3N2/c1-12-3-4(2-7)5(11-12)6(8,9)10/h3H,2H2,1H3. The van der Waals surface area contributed by atoms with Crippen LogP contribution in [0.3, 0.4) is 0 Å². The molecule has 0 amide bonds. The zero-order valence-corrected chi connectivity index (χ0v) is 6.95. The van der Waals surface area contributed by atoms with E-state index in [-0.39, 0.29) is 11.4 Å². The fraction of sp³-hybridized carbons (Fsp3) is 0.500. The lowest BCUT2D eigenvalue weighted by molar-refractivity contribution is -0.141. The van der Waals surface area contributed by atoms with Gasteiger partial charge in [0.05, 0.1) is 5.88 Å². The van der Waals surface area contributed by atoms with Gasteiger partial charge in [-0.1, -0.05) is 0 Å². The first kappa shape index (κ1) is 9.38. The Morgan fingerprint density at radius 3 is 2.50 bits per heavy atom. The normalized spacial score (nSPS) is 12.1. The Labute approximate surface area is 71.9 Å². The number of hydrogen-bond donors (Lipinski definition) is 0. The van der Waals surface area contributed by atoms with Gasteiger partial charge in [0.15, 0.2) is 5.69 Å². The van der Waals surface area contributed by atoms with Crippen LogP contribution in [0.1, 0.15) is 11.3 Å². The third kappa shape index (κ3) is 1.72. The van der Waals surface area contributed by atoms with Gasteiger partial charge < -0.3 is 0 Å². The van der Waals surface area contributed by atoms with Gasteiger partial charge in [-0.3, -0.25) is 4.68 Å². The molecule has 68 valence electrons. The summed E-state index contributed by atoms with van der Waals surface area (Å²) in [6.07, 6.45) is -3.15. The summed E-state index contributed by atoms with van der Waals surface area (Å²) in [5, 5.41) is 3.26. The predicted molar refractivity (Wildman–Crippen MR) is 37.8 cm³/mol. The molecule has 0 aliphatic carbocycles. The number of halogens is 4. The van der Waals surface area contributed by atoms with Crippen molar-refractivity contribution in [3.8, 4) is 0 Å². The summed E-state index contributed by atoms with van der Waals surface area (Å²) in [6.45, 7) is 0. The molecule has 0 aromatic carbocycles. The maximum Gasteiger partial charge on any atom is 0.435 e. The molecule has 0 aliphatic heterocycles. The van der Waals surface area contributed by atoms with Crippen LogP contribution in [0.2, 0.25) is 0 Å². The zero-order valence-electron chi connectivity index (χ0n) is 6.19. The highest BCUT2D eigenvalue weighted by Gasteiger charge is 2.36. The van der Waals surface area contributed by atoms with Crippen LogP contribution in [0.4, 0.5) is 13.2 Å². The SMILES string of the molecule is Cn1cc(CCl)c(C(F)(F)F)n1. The lowest BCUT2D eigenvalue weighted by atomic mass is 10.3. The lowest BCUT2D eigenvalue weighted by Gasteiger charge is -2.02. The molecule has 12 heavy (non-hydrogen) atoms. The molecule has 0 atom stereocenters. The van der Waals surface area contributed by atoms with Crippen molar-refractivity contribution in [2.75, 3.05) is 0 Å². The van der Waals surface area contributed by atoms with Gasteiger partial charge in [-0.15, -0.1) is 11.6 Å². The van der Waals surface area contributed by atoms with E-state index < -0.39 is 11.9 Å². The van der Waals surface area contributed by atoms with E-state index in [1.165, 1.54) is 13.2 Å². The van der Waals surface area contributed by atoms with Crippen LogP contribution in [-0.4, -0.2) is 9.78 Å². The smallest absolute Gasteiger partial charge is 0.275 e. The van der Waals surface area contributed by atoms with Crippen molar-refractivity contribution >= 4 is 11.6 Å². The first-order valence-electron chi connectivity index (χ1n) is 3.11. The molecule has 0 radical (unpaired) electrons. The number of aryl methyl sites for hydroxylation is 1. The largest absolute Gasteiger partial charge is 0.435 e. The lowest BCUT2D eigenvalue weighted by Crippen LogP contribution is -2.08. The van der Waals surface area contributed by atoms with Crippen molar-refractivity contribution in [1.82, 2.24) is 9.78 Å². The average Bonchev–Trinajstić information content (AvgIpc) is 2.29. The summed E-state index contributed by atoms with van der Waals surface area (Å²) < 4.78 is 37.4. The monoisotopic (exact) mass is 198 g/mol. The van der Waals surface area contributed by atoms with Gasteiger partial charge >= 0.3 is 6.18 Å². The van der Waals surface area contributed by atoms with Crippen LogP contribution in [0.25, 0.3) is 0 Å². The van der Waals surface area contributed by atoms with Crippen LogP contribution >= 0.6 is 11.6 Å². The van der Waals surface area contributed by atoms with E-state index >= 15 is 0 Å². The van der Waals surface area contributed by atoms with Gasteiger partial charge in [0.2, 0.25) is 0 Å². The van der Waals surface area contributed by atoms with E-state index in [2.05, 4.69) is 5.10 Å². The number of nitrogens with zero attached hydrogens (tertiary/aromatic N) is 2. The average molecular weight is 199 g/mol. The molecule has 0 fully saturated rings. The maximum atomic E-state index is 12.1. The van der Waals surface area contributed by atoms with E-state index in [9.17, 15) is 13.2 Å². The fourth-order valence-electron chi connectivity index (χ4n) is 0.874. The molecule has 1 aromatic heterocycles. The fourth-order valence-corrected chi connectivity index (χ4v) is 1.07. The predicted octanol–water partition coefficient (Wildman–Crippen LogP) is 2.18. The van der Waals surface area contributed by atoms with Crippen LogP contribution in [0.5, 0.6) is 0 Å². The number of alkyl halides is 4. The molecular formula is C6H6ClF3N2. The summed E-state index contributed by atoms with van der Waals surface area (Å²) in [5.41, 5.74) is -0.897. The van der Waals surface area contributed by atoms with E-state index in [1.54, 1.807) is 0 Å². The van der Waals surface area contributed by atoms with Crippen LogP contribution in [-0.2, 0) is 19.1 Å². The Bertz CT molecular complexity index is 279. The number of aromatic nitrogens is 2. The second-order valence-corrected chi connectivity index (χ2v) is 2.58. The molecule has 0 bridgehead atoms. The summed E-state index contributed by atoms with van der Waals surface area (Å²) in [4.78, 5) is 0. The number of hydrogen-bond acceptors (Lipinski definition) is 1. The molecule has 0 aliphatic rings. The van der Waals surface area contributed by atoms with Crippen molar-refractivity contribution in [1.29, 1.82) is 0 Å². The van der Waals surface area contributed by atoms with Gasteiger partial charge in [0, 0.05) is 18.8 Å². The van der Waals surface area contributed by atoms with E-state index in [1.807, 2.05) is 0 Å². The second-order valence-electron chi connectivity index (χ2n) is 2.31. The third-order valence-electron chi connectivity index (χ3n) is 1.32. The Morgan fingerprint density at radius 1 is 1.58 bits per heavy atom. The highest BCUT2D eigenvalue weighted by Crippen LogP contribution is 2.30. The molecular weight excluding hydrogens is 193 g/mol. The minimum atomic E-state index is -4.41. The summed E-state index contributed by atoms with van der Waals surface area (Å²) in [7, 11) is 1.42. The Hall–Kier alpha value is -0.710. The van der Waals surface area contributed by atoms with Gasteiger partial charge in [0.1, 0.15) is 0 Å². The maximum absolute atomic E-state index is 12.1. The van der Waals surface area contributed by atoms with Crippen LogP contribution in [0.15, 0.2) is 6.20 Å². The van der Waals surface area contributed by atoms with E-state index in [0.717, 1.165) is 4.68 Å². The van der Waals surface area contributed by atoms with Crippen molar-refractivity contribution < 1.29 is 13.2 Å². The Morgan fingerprint density at radius 2 is 2.17 bits per heavy atom. The van der Waals surface area contributed by atoms with Crippen molar-refractivity contribution in [3.05, 3.63) is 17.5 Å². The molecule has 1 heterocycles. The molecule has 6 heteroatoms. The first-order chi connectivity index (χ1) is 5.45. The van der Waals surface area contributed by atoms with Crippen LogP contribution in [0, 0.1) is 0 Å². The van der Waals surface area contributed by atoms with Crippen molar-refractivity contribution in [2.24, 2.45) is 7.05 Å². The molecule has 1 rings (SSSR count). The highest BCUT2D eigenvalue weighted by atomic mass is 35.5. The van der Waals surface area contributed by atoms with Crippen molar-refractivity contribution in [3.63, 3.8) is 0 Å². The molecule has 0 unspecified atom stereocenters. The first-order valence-corrected chi connectivity index (χ1v) is 3.64. The highest BCUT2D eigenvalue weighted by molar-refractivity contribution is 6.17.